The lowest BCUT2D eigenvalue weighted by atomic mass is 10.0. The fourth-order valence-corrected chi connectivity index (χ4v) is 3.53. The number of aliphatic carboxylic acids is 1. The molecule has 1 N–H and O–H groups in total. The minimum Gasteiger partial charge on any atom is -0.484 e. The molecule has 0 unspecified atom stereocenters. The smallest absolute Gasteiger partial charge is 0.341 e. The number of hydrogen-bond acceptors (Lipinski definition) is 4. The number of aryl methyl sites for hydroxylation is 1. The Morgan fingerprint density at radius 1 is 1.12 bits per heavy atom. The van der Waals surface area contributed by atoms with Crippen molar-refractivity contribution in [3.8, 4) is 22.8 Å². The molecule has 1 aromatic heterocycles. The van der Waals surface area contributed by atoms with Gasteiger partial charge in [0.1, 0.15) is 17.6 Å². The van der Waals surface area contributed by atoms with Crippen molar-refractivity contribution in [1.29, 1.82) is 0 Å². The zero-order valence-electron chi connectivity index (χ0n) is 19.5. The van der Waals surface area contributed by atoms with E-state index >= 15 is 0 Å². The predicted octanol–water partition coefficient (Wildman–Crippen LogP) is 6.86. The Morgan fingerprint density at radius 3 is 2.52 bits per heavy atom. The maximum atomic E-state index is 10.8. The van der Waals surface area contributed by atoms with Crippen molar-refractivity contribution in [2.45, 2.75) is 46.1 Å². The number of carboxylic acid groups (broad SMARTS) is 1. The van der Waals surface area contributed by atoms with Gasteiger partial charge in [0, 0.05) is 5.56 Å². The number of carboxylic acids is 1. The average molecular weight is 446 g/mol. The SMILES string of the molecule is C=C(C)c1ccc(-c2cccc([C@H](CCCC)Oc3ccc(OCC(=O)O)c(C)c3)n2)cc1. The Bertz CT molecular complexity index is 1110. The quantitative estimate of drug-likeness (QED) is 0.349. The number of rotatable bonds is 11. The summed E-state index contributed by atoms with van der Waals surface area (Å²) in [6, 6.07) is 19.7. The largest absolute Gasteiger partial charge is 0.484 e. The molecule has 1 atom stereocenters. The van der Waals surface area contributed by atoms with Crippen LogP contribution < -0.4 is 9.47 Å². The molecule has 2 aromatic carbocycles. The molecule has 0 saturated heterocycles. The van der Waals surface area contributed by atoms with E-state index in [0.717, 1.165) is 52.9 Å². The van der Waals surface area contributed by atoms with Crippen LogP contribution in [0.25, 0.3) is 16.8 Å². The van der Waals surface area contributed by atoms with Gasteiger partial charge in [0.15, 0.2) is 6.61 Å². The summed E-state index contributed by atoms with van der Waals surface area (Å²) in [5, 5.41) is 8.83. The van der Waals surface area contributed by atoms with Crippen LogP contribution in [0, 0.1) is 6.92 Å². The molecule has 0 fully saturated rings. The van der Waals surface area contributed by atoms with E-state index in [4.69, 9.17) is 19.6 Å². The van der Waals surface area contributed by atoms with Crippen LogP contribution in [0.2, 0.25) is 0 Å². The first-order valence-corrected chi connectivity index (χ1v) is 11.2. The van der Waals surface area contributed by atoms with E-state index in [1.165, 1.54) is 0 Å². The van der Waals surface area contributed by atoms with Gasteiger partial charge in [-0.2, -0.15) is 0 Å². The summed E-state index contributed by atoms with van der Waals surface area (Å²) >= 11 is 0. The molecule has 0 aliphatic carbocycles. The van der Waals surface area contributed by atoms with E-state index < -0.39 is 5.97 Å². The zero-order chi connectivity index (χ0) is 23.8. The van der Waals surface area contributed by atoms with Gasteiger partial charge in [0.25, 0.3) is 0 Å². The molecule has 0 aliphatic heterocycles. The van der Waals surface area contributed by atoms with Crippen LogP contribution in [0.15, 0.2) is 67.2 Å². The van der Waals surface area contributed by atoms with Gasteiger partial charge in [-0.3, -0.25) is 0 Å². The Hall–Kier alpha value is -3.60. The highest BCUT2D eigenvalue weighted by Gasteiger charge is 2.17. The van der Waals surface area contributed by atoms with Crippen molar-refractivity contribution in [2.24, 2.45) is 0 Å². The molecule has 3 rings (SSSR count). The summed E-state index contributed by atoms with van der Waals surface area (Å²) in [5.41, 5.74) is 5.80. The van der Waals surface area contributed by atoms with Crippen LogP contribution in [0.4, 0.5) is 0 Å². The summed E-state index contributed by atoms with van der Waals surface area (Å²) in [4.78, 5) is 15.7. The second kappa shape index (κ2) is 11.3. The zero-order valence-corrected chi connectivity index (χ0v) is 19.5. The van der Waals surface area contributed by atoms with Gasteiger partial charge < -0.3 is 14.6 Å². The standard InChI is InChI=1S/C28H31NO4/c1-5-6-10-27(33-23-15-16-26(20(4)17-23)32-18-28(30)31)25-9-7-8-24(29-25)22-13-11-21(12-14-22)19(2)3/h7-9,11-17,27H,2,5-6,10,18H2,1,3-4H3,(H,30,31)/t27-/m0/s1. The van der Waals surface area contributed by atoms with Crippen LogP contribution in [0.5, 0.6) is 11.5 Å². The summed E-state index contributed by atoms with van der Waals surface area (Å²) in [5.74, 6) is 0.233. The van der Waals surface area contributed by atoms with Crippen LogP contribution >= 0.6 is 0 Å². The normalized spacial score (nSPS) is 11.6. The Kier molecular flexibility index (Phi) is 8.25. The molecule has 5 nitrogen and oxygen atoms in total. The highest BCUT2D eigenvalue weighted by molar-refractivity contribution is 5.68. The lowest BCUT2D eigenvalue weighted by Crippen LogP contribution is -2.11. The summed E-state index contributed by atoms with van der Waals surface area (Å²) < 4.78 is 11.7. The van der Waals surface area contributed by atoms with Crippen molar-refractivity contribution in [1.82, 2.24) is 4.98 Å². The Labute approximate surface area is 195 Å². The minimum atomic E-state index is -1.01. The maximum Gasteiger partial charge on any atom is 0.341 e. The molecule has 0 radical (unpaired) electrons. The molecule has 0 bridgehead atoms. The first kappa shape index (κ1) is 24.1. The van der Waals surface area contributed by atoms with Gasteiger partial charge in [0.2, 0.25) is 0 Å². The van der Waals surface area contributed by atoms with E-state index in [9.17, 15) is 4.79 Å². The number of unbranched alkanes of at least 4 members (excludes halogenated alkanes) is 1. The topological polar surface area (TPSA) is 68.7 Å². The van der Waals surface area contributed by atoms with Gasteiger partial charge in [-0.25, -0.2) is 9.78 Å². The van der Waals surface area contributed by atoms with Gasteiger partial charge in [-0.1, -0.05) is 55.8 Å². The van der Waals surface area contributed by atoms with Crippen LogP contribution in [-0.2, 0) is 4.79 Å². The molecule has 0 aliphatic rings. The van der Waals surface area contributed by atoms with Crippen molar-refractivity contribution in [3.63, 3.8) is 0 Å². The molecule has 33 heavy (non-hydrogen) atoms. The highest BCUT2D eigenvalue weighted by Crippen LogP contribution is 2.30. The fraction of sp³-hybridized carbons (Fsp3) is 0.286. The number of hydrogen-bond donors (Lipinski definition) is 1. The van der Waals surface area contributed by atoms with E-state index in [2.05, 4.69) is 37.8 Å². The first-order valence-electron chi connectivity index (χ1n) is 11.2. The van der Waals surface area contributed by atoms with Crippen molar-refractivity contribution in [3.05, 3.63) is 84.1 Å². The van der Waals surface area contributed by atoms with Gasteiger partial charge in [-0.05, 0) is 68.1 Å². The molecule has 172 valence electrons. The van der Waals surface area contributed by atoms with Gasteiger partial charge in [-0.15, -0.1) is 0 Å². The molecule has 3 aromatic rings. The van der Waals surface area contributed by atoms with Crippen molar-refractivity contribution >= 4 is 11.5 Å². The molecule has 0 saturated carbocycles. The van der Waals surface area contributed by atoms with Crippen molar-refractivity contribution < 1.29 is 19.4 Å². The number of nitrogens with zero attached hydrogens (tertiary/aromatic N) is 1. The Morgan fingerprint density at radius 2 is 1.88 bits per heavy atom. The third-order valence-corrected chi connectivity index (χ3v) is 5.37. The molecule has 0 spiro atoms. The van der Waals surface area contributed by atoms with Gasteiger partial charge in [0.05, 0.1) is 11.4 Å². The first-order chi connectivity index (χ1) is 15.9. The maximum absolute atomic E-state index is 10.8. The monoisotopic (exact) mass is 445 g/mol. The third-order valence-electron chi connectivity index (χ3n) is 5.37. The molecular weight excluding hydrogens is 414 g/mol. The van der Waals surface area contributed by atoms with Crippen LogP contribution in [0.1, 0.15) is 56.0 Å². The predicted molar refractivity (Wildman–Crippen MR) is 132 cm³/mol. The second-order valence-corrected chi connectivity index (χ2v) is 8.16. The molecule has 1 heterocycles. The number of pyridine rings is 1. The van der Waals surface area contributed by atoms with E-state index in [0.29, 0.717) is 11.5 Å². The molecule has 0 amide bonds. The third kappa shape index (κ3) is 6.69. The molecule has 5 heteroatoms. The average Bonchev–Trinajstić information content (AvgIpc) is 2.81. The lowest BCUT2D eigenvalue weighted by molar-refractivity contribution is -0.139. The number of allylic oxidation sites excluding steroid dienone is 1. The highest BCUT2D eigenvalue weighted by atomic mass is 16.5. The lowest BCUT2D eigenvalue weighted by Gasteiger charge is -2.20. The van der Waals surface area contributed by atoms with E-state index in [1.54, 1.807) is 6.07 Å². The van der Waals surface area contributed by atoms with Crippen molar-refractivity contribution in [2.75, 3.05) is 6.61 Å². The summed E-state index contributed by atoms with van der Waals surface area (Å²) in [7, 11) is 0. The Balaban J connectivity index is 1.83. The fourth-order valence-electron chi connectivity index (χ4n) is 3.53. The number of aromatic nitrogens is 1. The number of carbonyl (C=O) groups is 1. The molecular formula is C28H31NO4. The van der Waals surface area contributed by atoms with Crippen LogP contribution in [-0.4, -0.2) is 22.7 Å². The van der Waals surface area contributed by atoms with Crippen LogP contribution in [0.3, 0.4) is 0 Å². The summed E-state index contributed by atoms with van der Waals surface area (Å²) in [6.45, 7) is 9.65. The van der Waals surface area contributed by atoms with Gasteiger partial charge >= 0.3 is 5.97 Å². The van der Waals surface area contributed by atoms with E-state index in [-0.39, 0.29) is 12.7 Å². The number of benzene rings is 2. The summed E-state index contributed by atoms with van der Waals surface area (Å²) in [6.07, 6.45) is 2.73. The van der Waals surface area contributed by atoms with E-state index in [1.807, 2.05) is 44.2 Å². The number of ether oxygens (including phenoxy) is 2. The minimum absolute atomic E-state index is 0.190. The second-order valence-electron chi connectivity index (χ2n) is 8.16.